The van der Waals surface area contributed by atoms with Gasteiger partial charge in [0.15, 0.2) is 0 Å². The Morgan fingerprint density at radius 1 is 1.26 bits per heavy atom. The molecule has 3 fully saturated rings. The molecule has 0 aromatic carbocycles. The van der Waals surface area contributed by atoms with Gasteiger partial charge in [-0.2, -0.15) is 0 Å². The van der Waals surface area contributed by atoms with Gasteiger partial charge in [-0.25, -0.2) is 0 Å². The van der Waals surface area contributed by atoms with Crippen LogP contribution in [0.5, 0.6) is 0 Å². The second-order valence-electron chi connectivity index (χ2n) is 9.88. The smallest absolute Gasteiger partial charge is 0.302 e. The third kappa shape index (κ3) is 3.51. The second kappa shape index (κ2) is 7.76. The molecule has 170 valence electrons. The first-order chi connectivity index (χ1) is 14.6. The number of fused-ring (bicyclic) bond motifs is 2. The van der Waals surface area contributed by atoms with Crippen molar-refractivity contribution in [3.05, 3.63) is 24.2 Å². The number of hydrogen-bond donors (Lipinski definition) is 0. The Balaban J connectivity index is 1.79. The minimum absolute atomic E-state index is 0.0186. The van der Waals surface area contributed by atoms with Gasteiger partial charge in [0, 0.05) is 26.2 Å². The third-order valence-electron chi connectivity index (χ3n) is 8.24. The molecule has 4 rings (SSSR count). The number of ether oxygens (including phenoxy) is 3. The molecule has 0 radical (unpaired) electrons. The number of rotatable bonds is 6. The van der Waals surface area contributed by atoms with Gasteiger partial charge in [0.25, 0.3) is 0 Å². The molecular weight excluding hydrogens is 400 g/mol. The Labute approximate surface area is 182 Å². The fourth-order valence-corrected chi connectivity index (χ4v) is 6.40. The molecule has 0 bridgehead atoms. The standard InChI is InChI=1S/C24H32O7/c1-15-11-20(31-17(3)26)24(14-29-16(2)25)21(19(27)6-9-23(24)13-30-23)22(15,4)8-5-18-7-10-28-12-18/h7,10,12,15,20-21H,5-6,8-9,11,13-14H2,1-4H3/t15-,20-,21-,22+,23+,24-/m1/s1. The minimum atomic E-state index is -0.878. The van der Waals surface area contributed by atoms with Gasteiger partial charge in [-0.15, -0.1) is 0 Å². The van der Waals surface area contributed by atoms with Gasteiger partial charge in [0.05, 0.1) is 24.5 Å². The van der Waals surface area contributed by atoms with Crippen LogP contribution < -0.4 is 0 Å². The third-order valence-corrected chi connectivity index (χ3v) is 8.24. The monoisotopic (exact) mass is 432 g/mol. The normalized spacial score (nSPS) is 39.1. The highest BCUT2D eigenvalue weighted by Gasteiger charge is 2.77. The van der Waals surface area contributed by atoms with Gasteiger partial charge >= 0.3 is 11.9 Å². The van der Waals surface area contributed by atoms with E-state index in [-0.39, 0.29) is 23.7 Å². The molecule has 7 heteroatoms. The first kappa shape index (κ1) is 22.1. The maximum atomic E-state index is 13.6. The van der Waals surface area contributed by atoms with E-state index in [0.29, 0.717) is 25.9 Å². The van der Waals surface area contributed by atoms with Gasteiger partial charge in [-0.05, 0) is 48.6 Å². The number of Topliss-reactive ketones (excluding diaryl/α,β-unsaturated/α-hetero) is 1. The average molecular weight is 433 g/mol. The maximum Gasteiger partial charge on any atom is 0.302 e. The summed E-state index contributed by atoms with van der Waals surface area (Å²) in [6.07, 6.45) is 5.98. The molecule has 3 aliphatic rings. The summed E-state index contributed by atoms with van der Waals surface area (Å²) in [5, 5.41) is 0. The Bertz CT molecular complexity index is 855. The van der Waals surface area contributed by atoms with Crippen LogP contribution in [-0.4, -0.2) is 42.6 Å². The number of epoxide rings is 1. The second-order valence-corrected chi connectivity index (χ2v) is 9.88. The molecule has 1 aromatic heterocycles. The van der Waals surface area contributed by atoms with Crippen molar-refractivity contribution in [1.29, 1.82) is 0 Å². The summed E-state index contributed by atoms with van der Waals surface area (Å²) in [6, 6.07) is 1.94. The highest BCUT2D eigenvalue weighted by Crippen LogP contribution is 2.68. The fourth-order valence-electron chi connectivity index (χ4n) is 6.40. The Morgan fingerprint density at radius 2 is 2.00 bits per heavy atom. The summed E-state index contributed by atoms with van der Waals surface area (Å²) >= 11 is 0. The van der Waals surface area contributed by atoms with Crippen molar-refractivity contribution in [2.24, 2.45) is 22.7 Å². The average Bonchev–Trinajstić information content (AvgIpc) is 3.29. The summed E-state index contributed by atoms with van der Waals surface area (Å²) in [5.41, 5.74) is -0.762. The lowest BCUT2D eigenvalue weighted by atomic mass is 9.42. The molecule has 0 amide bonds. The molecule has 2 saturated carbocycles. The first-order valence-corrected chi connectivity index (χ1v) is 11.1. The maximum absolute atomic E-state index is 13.6. The van der Waals surface area contributed by atoms with E-state index in [4.69, 9.17) is 18.6 Å². The zero-order chi connectivity index (χ0) is 22.4. The van der Waals surface area contributed by atoms with Crippen LogP contribution in [0.4, 0.5) is 0 Å². The zero-order valence-corrected chi connectivity index (χ0v) is 18.8. The molecule has 2 heterocycles. The molecule has 2 aliphatic carbocycles. The predicted molar refractivity (Wildman–Crippen MR) is 110 cm³/mol. The van der Waals surface area contributed by atoms with Crippen LogP contribution in [0.25, 0.3) is 0 Å². The van der Waals surface area contributed by atoms with Crippen LogP contribution in [-0.2, 0) is 35.0 Å². The van der Waals surface area contributed by atoms with E-state index in [9.17, 15) is 14.4 Å². The molecule has 6 atom stereocenters. The highest BCUT2D eigenvalue weighted by molar-refractivity contribution is 5.85. The van der Waals surface area contributed by atoms with Crippen molar-refractivity contribution in [3.63, 3.8) is 0 Å². The summed E-state index contributed by atoms with van der Waals surface area (Å²) in [4.78, 5) is 37.5. The van der Waals surface area contributed by atoms with Crippen molar-refractivity contribution >= 4 is 17.7 Å². The molecule has 1 spiro atoms. The predicted octanol–water partition coefficient (Wildman–Crippen LogP) is 3.49. The van der Waals surface area contributed by atoms with Crippen LogP contribution in [0.15, 0.2) is 23.0 Å². The van der Waals surface area contributed by atoms with E-state index in [0.717, 1.165) is 18.4 Å². The van der Waals surface area contributed by atoms with Crippen molar-refractivity contribution in [1.82, 2.24) is 0 Å². The van der Waals surface area contributed by atoms with Crippen molar-refractivity contribution in [2.45, 2.75) is 71.5 Å². The van der Waals surface area contributed by atoms with Crippen molar-refractivity contribution in [2.75, 3.05) is 13.2 Å². The lowest BCUT2D eigenvalue weighted by Gasteiger charge is -2.62. The van der Waals surface area contributed by atoms with E-state index >= 15 is 0 Å². The molecule has 7 nitrogen and oxygen atoms in total. The SMILES string of the molecule is CC(=O)OC[C@@]12[C@H](C(=O)CC[C@]13CO3)[C@@](C)(CCc1ccoc1)[C@H](C)C[C@H]2OC(C)=O. The van der Waals surface area contributed by atoms with Gasteiger partial charge < -0.3 is 18.6 Å². The summed E-state index contributed by atoms with van der Waals surface area (Å²) in [5.74, 6) is -0.976. The van der Waals surface area contributed by atoms with Crippen LogP contribution in [0.2, 0.25) is 0 Å². The largest absolute Gasteiger partial charge is 0.472 e. The lowest BCUT2D eigenvalue weighted by Crippen LogP contribution is -2.69. The number of carbonyl (C=O) groups is 3. The van der Waals surface area contributed by atoms with Crippen LogP contribution in [0, 0.1) is 22.7 Å². The number of hydrogen-bond acceptors (Lipinski definition) is 7. The number of furan rings is 1. The topological polar surface area (TPSA) is 95.3 Å². The van der Waals surface area contributed by atoms with Gasteiger partial charge in [-0.3, -0.25) is 14.4 Å². The molecule has 0 unspecified atom stereocenters. The summed E-state index contributed by atoms with van der Waals surface area (Å²) in [7, 11) is 0. The van der Waals surface area contributed by atoms with Crippen molar-refractivity contribution in [3.8, 4) is 0 Å². The fraction of sp³-hybridized carbons (Fsp3) is 0.708. The molecule has 31 heavy (non-hydrogen) atoms. The summed E-state index contributed by atoms with van der Waals surface area (Å²) < 4.78 is 22.7. The van der Waals surface area contributed by atoms with Crippen LogP contribution in [0.3, 0.4) is 0 Å². The van der Waals surface area contributed by atoms with Gasteiger partial charge in [0.1, 0.15) is 24.1 Å². The first-order valence-electron chi connectivity index (χ1n) is 11.1. The minimum Gasteiger partial charge on any atom is -0.472 e. The number of carbonyl (C=O) groups excluding carboxylic acids is 3. The molecule has 1 saturated heterocycles. The van der Waals surface area contributed by atoms with Crippen LogP contribution >= 0.6 is 0 Å². The Morgan fingerprint density at radius 3 is 2.58 bits per heavy atom. The molecule has 1 aromatic rings. The number of aryl methyl sites for hydroxylation is 1. The van der Waals surface area contributed by atoms with Gasteiger partial charge in [0.2, 0.25) is 0 Å². The summed E-state index contributed by atoms with van der Waals surface area (Å²) in [6.45, 7) is 7.54. The van der Waals surface area contributed by atoms with E-state index in [1.165, 1.54) is 13.8 Å². The molecule has 0 N–H and O–H groups in total. The zero-order valence-electron chi connectivity index (χ0n) is 18.8. The van der Waals surface area contributed by atoms with E-state index < -0.39 is 35.0 Å². The lowest BCUT2D eigenvalue weighted by molar-refractivity contribution is -0.224. The quantitative estimate of drug-likeness (QED) is 0.501. The van der Waals surface area contributed by atoms with Gasteiger partial charge in [-0.1, -0.05) is 13.8 Å². The molecule has 1 aliphatic heterocycles. The van der Waals surface area contributed by atoms with E-state index in [1.54, 1.807) is 12.5 Å². The Kier molecular flexibility index (Phi) is 5.53. The molecular formula is C24H32O7. The van der Waals surface area contributed by atoms with Crippen molar-refractivity contribution < 1.29 is 33.0 Å². The number of esters is 2. The Hall–Kier alpha value is -2.15. The number of ketones is 1. The highest BCUT2D eigenvalue weighted by atomic mass is 16.6. The van der Waals surface area contributed by atoms with E-state index in [1.807, 2.05) is 6.07 Å². The van der Waals surface area contributed by atoms with E-state index in [2.05, 4.69) is 13.8 Å². The van der Waals surface area contributed by atoms with Crippen LogP contribution in [0.1, 0.15) is 58.9 Å².